The minimum absolute atomic E-state index is 0.167. The van der Waals surface area contributed by atoms with E-state index in [1.807, 2.05) is 30.3 Å². The number of carbonyl (C=O) groups is 2. The molecule has 5 nitrogen and oxygen atoms in total. The monoisotopic (exact) mass is 262 g/mol. The topological polar surface area (TPSA) is 58.6 Å². The number of esters is 1. The average molecular weight is 262 g/mol. The van der Waals surface area contributed by atoms with E-state index >= 15 is 0 Å². The number of anilines is 1. The van der Waals surface area contributed by atoms with Gasteiger partial charge in [-0.1, -0.05) is 18.2 Å². The van der Waals surface area contributed by atoms with Gasteiger partial charge in [-0.25, -0.2) is 4.79 Å². The van der Waals surface area contributed by atoms with Gasteiger partial charge in [-0.2, -0.15) is 0 Å². The lowest BCUT2D eigenvalue weighted by molar-refractivity contribution is -0.146. The molecular formula is C14H18N2O3. The highest BCUT2D eigenvalue weighted by Gasteiger charge is 2.28. The second-order valence-corrected chi connectivity index (χ2v) is 4.60. The number of amides is 2. The molecule has 5 heteroatoms. The molecule has 1 aliphatic rings. The van der Waals surface area contributed by atoms with Crippen LogP contribution in [0.5, 0.6) is 0 Å². The minimum Gasteiger partial charge on any atom is -0.469 e. The predicted octanol–water partition coefficient (Wildman–Crippen LogP) is 2.10. The van der Waals surface area contributed by atoms with Gasteiger partial charge < -0.3 is 15.0 Å². The highest BCUT2D eigenvalue weighted by Crippen LogP contribution is 2.18. The molecule has 1 saturated heterocycles. The fraction of sp³-hybridized carbons (Fsp3) is 0.429. The standard InChI is InChI=1S/C14H18N2O3/c1-19-13(17)11-6-5-9-16(10-11)14(18)15-12-7-3-2-4-8-12/h2-4,7-8,11H,5-6,9-10H2,1H3,(H,15,18)/t11-/m0/s1. The highest BCUT2D eigenvalue weighted by molar-refractivity contribution is 5.89. The summed E-state index contributed by atoms with van der Waals surface area (Å²) in [5, 5.41) is 2.82. The molecule has 1 heterocycles. The fourth-order valence-corrected chi connectivity index (χ4v) is 2.24. The first-order valence-corrected chi connectivity index (χ1v) is 6.39. The van der Waals surface area contributed by atoms with Crippen molar-refractivity contribution in [1.82, 2.24) is 4.90 Å². The molecule has 0 aliphatic carbocycles. The number of rotatable bonds is 2. The van der Waals surface area contributed by atoms with Crippen LogP contribution in [0, 0.1) is 5.92 Å². The van der Waals surface area contributed by atoms with Crippen molar-refractivity contribution in [1.29, 1.82) is 0 Å². The van der Waals surface area contributed by atoms with Gasteiger partial charge in [-0.15, -0.1) is 0 Å². The maximum Gasteiger partial charge on any atom is 0.321 e. The van der Waals surface area contributed by atoms with Crippen LogP contribution in [-0.4, -0.2) is 37.1 Å². The molecule has 1 aliphatic heterocycles. The number of hydrogen-bond acceptors (Lipinski definition) is 3. The number of hydrogen-bond donors (Lipinski definition) is 1. The Morgan fingerprint density at radius 3 is 2.74 bits per heavy atom. The summed E-state index contributed by atoms with van der Waals surface area (Å²) in [5.74, 6) is -0.447. The first-order valence-electron chi connectivity index (χ1n) is 6.39. The van der Waals surface area contributed by atoms with Crippen LogP contribution in [0.3, 0.4) is 0 Å². The Morgan fingerprint density at radius 2 is 2.05 bits per heavy atom. The molecule has 102 valence electrons. The van der Waals surface area contributed by atoms with Gasteiger partial charge in [0.1, 0.15) is 0 Å². The van der Waals surface area contributed by atoms with E-state index in [4.69, 9.17) is 4.74 Å². The first kappa shape index (κ1) is 13.4. The highest BCUT2D eigenvalue weighted by atomic mass is 16.5. The Morgan fingerprint density at radius 1 is 1.32 bits per heavy atom. The number of para-hydroxylation sites is 1. The van der Waals surface area contributed by atoms with Crippen molar-refractivity contribution in [3.63, 3.8) is 0 Å². The zero-order valence-corrected chi connectivity index (χ0v) is 11.0. The number of nitrogens with zero attached hydrogens (tertiary/aromatic N) is 1. The van der Waals surface area contributed by atoms with E-state index in [2.05, 4.69) is 5.32 Å². The molecule has 1 fully saturated rings. The molecule has 0 radical (unpaired) electrons. The van der Waals surface area contributed by atoms with Gasteiger partial charge in [-0.05, 0) is 25.0 Å². The third-order valence-electron chi connectivity index (χ3n) is 3.27. The zero-order valence-electron chi connectivity index (χ0n) is 11.0. The maximum atomic E-state index is 12.1. The molecule has 0 spiro atoms. The van der Waals surface area contributed by atoms with E-state index < -0.39 is 0 Å². The normalized spacial score (nSPS) is 18.8. The summed E-state index contributed by atoms with van der Waals surface area (Å²) >= 11 is 0. The van der Waals surface area contributed by atoms with Crippen LogP contribution in [0.25, 0.3) is 0 Å². The van der Waals surface area contributed by atoms with Crippen LogP contribution >= 0.6 is 0 Å². The summed E-state index contributed by atoms with van der Waals surface area (Å²) in [6.07, 6.45) is 1.60. The smallest absolute Gasteiger partial charge is 0.321 e. The molecule has 2 rings (SSSR count). The summed E-state index contributed by atoms with van der Waals surface area (Å²) < 4.78 is 4.74. The molecule has 0 bridgehead atoms. The van der Waals surface area contributed by atoms with E-state index in [1.54, 1.807) is 4.90 Å². The van der Waals surface area contributed by atoms with E-state index in [-0.39, 0.29) is 17.9 Å². The molecule has 0 aromatic heterocycles. The van der Waals surface area contributed by atoms with E-state index in [0.717, 1.165) is 18.5 Å². The Kier molecular flexibility index (Phi) is 4.39. The van der Waals surface area contributed by atoms with Crippen molar-refractivity contribution >= 4 is 17.7 Å². The van der Waals surface area contributed by atoms with Gasteiger partial charge in [-0.3, -0.25) is 4.79 Å². The summed E-state index contributed by atoms with van der Waals surface area (Å²) in [6.45, 7) is 1.09. The fourth-order valence-electron chi connectivity index (χ4n) is 2.24. The first-order chi connectivity index (χ1) is 9.20. The van der Waals surface area contributed by atoms with Gasteiger partial charge in [0, 0.05) is 18.8 Å². The molecule has 1 atom stereocenters. The Hall–Kier alpha value is -2.04. The second kappa shape index (κ2) is 6.22. The molecular weight excluding hydrogens is 244 g/mol. The molecule has 0 unspecified atom stereocenters. The van der Waals surface area contributed by atoms with Crippen LogP contribution in [0.1, 0.15) is 12.8 Å². The zero-order chi connectivity index (χ0) is 13.7. The van der Waals surface area contributed by atoms with E-state index in [0.29, 0.717) is 13.1 Å². The molecule has 1 N–H and O–H groups in total. The average Bonchev–Trinajstić information content (AvgIpc) is 2.47. The summed E-state index contributed by atoms with van der Waals surface area (Å²) in [5.41, 5.74) is 0.757. The maximum absolute atomic E-state index is 12.1. The summed E-state index contributed by atoms with van der Waals surface area (Å²) in [4.78, 5) is 25.3. The van der Waals surface area contributed by atoms with Crippen LogP contribution in [0.4, 0.5) is 10.5 Å². The molecule has 19 heavy (non-hydrogen) atoms. The van der Waals surface area contributed by atoms with Crippen molar-refractivity contribution in [2.45, 2.75) is 12.8 Å². The molecule has 0 saturated carbocycles. The van der Waals surface area contributed by atoms with Crippen molar-refractivity contribution < 1.29 is 14.3 Å². The molecule has 2 amide bonds. The third-order valence-corrected chi connectivity index (χ3v) is 3.27. The number of carbonyl (C=O) groups excluding carboxylic acids is 2. The lowest BCUT2D eigenvalue weighted by atomic mass is 9.98. The number of nitrogens with one attached hydrogen (secondary N) is 1. The third kappa shape index (κ3) is 3.47. The van der Waals surface area contributed by atoms with Crippen LogP contribution < -0.4 is 5.32 Å². The second-order valence-electron chi connectivity index (χ2n) is 4.60. The van der Waals surface area contributed by atoms with Crippen LogP contribution in [0.2, 0.25) is 0 Å². The van der Waals surface area contributed by atoms with Gasteiger partial charge in [0.2, 0.25) is 0 Å². The SMILES string of the molecule is COC(=O)[C@H]1CCCN(C(=O)Nc2ccccc2)C1. The largest absolute Gasteiger partial charge is 0.469 e. The lowest BCUT2D eigenvalue weighted by Gasteiger charge is -2.31. The summed E-state index contributed by atoms with van der Waals surface area (Å²) in [6, 6.07) is 9.12. The van der Waals surface area contributed by atoms with Crippen molar-refractivity contribution in [2.24, 2.45) is 5.92 Å². The Bertz CT molecular complexity index is 447. The van der Waals surface area contributed by atoms with Crippen molar-refractivity contribution in [3.8, 4) is 0 Å². The van der Waals surface area contributed by atoms with Crippen molar-refractivity contribution in [2.75, 3.05) is 25.5 Å². The van der Waals surface area contributed by atoms with Gasteiger partial charge in [0.05, 0.1) is 13.0 Å². The minimum atomic E-state index is -0.239. The van der Waals surface area contributed by atoms with Gasteiger partial charge in [0.25, 0.3) is 0 Å². The number of piperidine rings is 1. The van der Waals surface area contributed by atoms with Gasteiger partial charge >= 0.3 is 12.0 Å². The number of benzene rings is 1. The van der Waals surface area contributed by atoms with Gasteiger partial charge in [0.15, 0.2) is 0 Å². The Labute approximate surface area is 112 Å². The lowest BCUT2D eigenvalue weighted by Crippen LogP contribution is -2.44. The van der Waals surface area contributed by atoms with E-state index in [1.165, 1.54) is 7.11 Å². The van der Waals surface area contributed by atoms with Crippen LogP contribution in [-0.2, 0) is 9.53 Å². The van der Waals surface area contributed by atoms with Crippen LogP contribution in [0.15, 0.2) is 30.3 Å². The number of ether oxygens (including phenoxy) is 1. The van der Waals surface area contributed by atoms with E-state index in [9.17, 15) is 9.59 Å². The number of methoxy groups -OCH3 is 1. The number of likely N-dealkylation sites (tertiary alicyclic amines) is 1. The number of urea groups is 1. The summed E-state index contributed by atoms with van der Waals surface area (Å²) in [7, 11) is 1.38. The Balaban J connectivity index is 1.94. The molecule has 1 aromatic carbocycles. The predicted molar refractivity (Wildman–Crippen MR) is 71.8 cm³/mol. The molecule has 1 aromatic rings. The quantitative estimate of drug-likeness (QED) is 0.830. The van der Waals surface area contributed by atoms with Crippen molar-refractivity contribution in [3.05, 3.63) is 30.3 Å².